The molecule has 0 aliphatic heterocycles. The number of thioether (sulfide) groups is 1. The molecule has 0 unspecified atom stereocenters. The molecule has 1 aromatic heterocycles. The van der Waals surface area contributed by atoms with Gasteiger partial charge < -0.3 is 0 Å². The minimum absolute atomic E-state index is 0.0703. The summed E-state index contributed by atoms with van der Waals surface area (Å²) in [5, 5.41) is 24.6. The molecule has 0 radical (unpaired) electrons. The van der Waals surface area contributed by atoms with E-state index in [1.54, 1.807) is 18.2 Å². The molecule has 0 saturated heterocycles. The molecule has 10 heteroatoms. The third-order valence-corrected chi connectivity index (χ3v) is 6.72. The molecule has 2 aromatic carbocycles. The number of hydrogen-bond donors (Lipinski definition) is 1. The smallest absolute Gasteiger partial charge is 0.278 e. The third kappa shape index (κ3) is 5.69. The third-order valence-electron chi connectivity index (χ3n) is 5.77. The summed E-state index contributed by atoms with van der Waals surface area (Å²) in [6.45, 7) is 2.05. The Bertz CT molecular complexity index is 1190. The van der Waals surface area contributed by atoms with Crippen LogP contribution >= 0.6 is 11.8 Å². The van der Waals surface area contributed by atoms with Crippen LogP contribution in [-0.4, -0.2) is 37.6 Å². The van der Waals surface area contributed by atoms with Crippen LogP contribution in [0, 0.1) is 17.0 Å². The minimum atomic E-state index is -0.483. The van der Waals surface area contributed by atoms with Crippen molar-refractivity contribution in [2.24, 2.45) is 5.10 Å². The first-order valence-electron chi connectivity index (χ1n) is 11.2. The number of rotatable bonds is 8. The first-order valence-corrected chi connectivity index (χ1v) is 12.2. The Hall–Kier alpha value is -3.53. The number of nitro benzene ring substituents is 1. The van der Waals surface area contributed by atoms with E-state index < -0.39 is 4.92 Å². The molecule has 0 atom stereocenters. The van der Waals surface area contributed by atoms with Crippen molar-refractivity contribution in [2.45, 2.75) is 50.2 Å². The number of amides is 1. The van der Waals surface area contributed by atoms with Gasteiger partial charge in [0.25, 0.3) is 11.6 Å². The van der Waals surface area contributed by atoms with E-state index >= 15 is 0 Å². The molecule has 0 bridgehead atoms. The van der Waals surface area contributed by atoms with E-state index in [9.17, 15) is 14.9 Å². The van der Waals surface area contributed by atoms with Crippen LogP contribution in [-0.2, 0) is 4.79 Å². The molecule has 176 valence electrons. The Kier molecular flexibility index (Phi) is 7.69. The fourth-order valence-electron chi connectivity index (χ4n) is 4.04. The second-order valence-corrected chi connectivity index (χ2v) is 9.17. The molecule has 4 rings (SSSR count). The fraction of sp³-hybridized carbons (Fsp3) is 0.333. The number of nitrogens with zero attached hydrogens (tertiary/aromatic N) is 5. The lowest BCUT2D eigenvalue weighted by Gasteiger charge is -2.25. The van der Waals surface area contributed by atoms with Crippen LogP contribution in [0.5, 0.6) is 0 Å². The van der Waals surface area contributed by atoms with E-state index in [0.717, 1.165) is 24.2 Å². The highest BCUT2D eigenvalue weighted by Crippen LogP contribution is 2.35. The van der Waals surface area contributed by atoms with Gasteiger partial charge in [0.15, 0.2) is 11.0 Å². The van der Waals surface area contributed by atoms with Crippen LogP contribution in [0.4, 0.5) is 5.69 Å². The van der Waals surface area contributed by atoms with Crippen LogP contribution in [0.3, 0.4) is 0 Å². The molecule has 34 heavy (non-hydrogen) atoms. The zero-order chi connectivity index (χ0) is 23.9. The summed E-state index contributed by atoms with van der Waals surface area (Å²) in [5.41, 5.74) is 4.88. The van der Waals surface area contributed by atoms with Crippen molar-refractivity contribution in [3.8, 4) is 11.4 Å². The van der Waals surface area contributed by atoms with E-state index in [1.165, 1.54) is 48.9 Å². The van der Waals surface area contributed by atoms with Crippen molar-refractivity contribution in [1.82, 2.24) is 20.2 Å². The Morgan fingerprint density at radius 3 is 2.65 bits per heavy atom. The first kappa shape index (κ1) is 23.6. The molecule has 1 saturated carbocycles. The number of hydrogen-bond acceptors (Lipinski definition) is 7. The quantitative estimate of drug-likeness (QED) is 0.213. The number of para-hydroxylation sites is 1. The van der Waals surface area contributed by atoms with Gasteiger partial charge in [-0.15, -0.1) is 10.2 Å². The Balaban J connectivity index is 1.45. The predicted octanol–water partition coefficient (Wildman–Crippen LogP) is 4.91. The van der Waals surface area contributed by atoms with E-state index in [4.69, 9.17) is 0 Å². The molecular weight excluding hydrogens is 452 g/mol. The lowest BCUT2D eigenvalue weighted by molar-refractivity contribution is -0.385. The summed E-state index contributed by atoms with van der Waals surface area (Å²) >= 11 is 1.32. The number of aryl methyl sites for hydroxylation is 1. The Labute approximate surface area is 201 Å². The molecule has 0 spiro atoms. The number of aromatic nitrogens is 3. The van der Waals surface area contributed by atoms with Crippen LogP contribution in [0.1, 0.15) is 49.3 Å². The topological polar surface area (TPSA) is 115 Å². The maximum Gasteiger partial charge on any atom is 0.278 e. The van der Waals surface area contributed by atoms with Gasteiger partial charge in [0, 0.05) is 17.7 Å². The van der Waals surface area contributed by atoms with Crippen molar-refractivity contribution in [3.63, 3.8) is 0 Å². The standard InChI is InChI=1S/C24H26N6O3S/c1-17-11-13-18(14-12-17)23-27-28-24(29(23)20-8-3-2-4-9-20)34-16-22(31)26-25-15-19-7-5-6-10-21(19)30(32)33/h5-7,10-15,20H,2-4,8-9,16H2,1H3,(H,26,31)/b25-15+. The fourth-order valence-corrected chi connectivity index (χ4v) is 4.84. The van der Waals surface area contributed by atoms with Gasteiger partial charge in [0.05, 0.1) is 22.5 Å². The van der Waals surface area contributed by atoms with Crippen molar-refractivity contribution in [2.75, 3.05) is 5.75 Å². The van der Waals surface area contributed by atoms with E-state index in [-0.39, 0.29) is 17.3 Å². The molecule has 1 aliphatic carbocycles. The normalized spacial score (nSPS) is 14.4. The van der Waals surface area contributed by atoms with Gasteiger partial charge in [0.1, 0.15) is 0 Å². The van der Waals surface area contributed by atoms with E-state index in [2.05, 4.69) is 49.6 Å². The average Bonchev–Trinajstić information content (AvgIpc) is 3.28. The van der Waals surface area contributed by atoms with Crippen LogP contribution in [0.2, 0.25) is 0 Å². The number of nitro groups is 1. The largest absolute Gasteiger partial charge is 0.299 e. The molecular formula is C24H26N6O3S. The number of carbonyl (C=O) groups excluding carboxylic acids is 1. The van der Waals surface area contributed by atoms with Crippen molar-refractivity contribution >= 4 is 29.6 Å². The van der Waals surface area contributed by atoms with Crippen molar-refractivity contribution < 1.29 is 9.72 Å². The number of hydrazone groups is 1. The van der Waals surface area contributed by atoms with Crippen LogP contribution < -0.4 is 5.43 Å². The monoisotopic (exact) mass is 478 g/mol. The number of nitrogens with one attached hydrogen (secondary N) is 1. The summed E-state index contributed by atoms with van der Waals surface area (Å²) < 4.78 is 2.18. The number of carbonyl (C=O) groups is 1. The summed E-state index contributed by atoms with van der Waals surface area (Å²) in [5.74, 6) is 0.603. The van der Waals surface area contributed by atoms with Gasteiger partial charge in [-0.25, -0.2) is 5.43 Å². The van der Waals surface area contributed by atoms with Crippen LogP contribution in [0.25, 0.3) is 11.4 Å². The SMILES string of the molecule is Cc1ccc(-c2nnc(SCC(=O)N/N=C/c3ccccc3[N+](=O)[O-])n2C2CCCCC2)cc1. The van der Waals surface area contributed by atoms with Gasteiger partial charge in [0.2, 0.25) is 0 Å². The molecule has 1 amide bonds. The highest BCUT2D eigenvalue weighted by molar-refractivity contribution is 7.99. The molecule has 3 aromatic rings. The second kappa shape index (κ2) is 11.1. The first-order chi connectivity index (χ1) is 16.5. The summed E-state index contributed by atoms with van der Waals surface area (Å²) in [4.78, 5) is 23.0. The highest BCUT2D eigenvalue weighted by atomic mass is 32.2. The van der Waals surface area contributed by atoms with Crippen molar-refractivity contribution in [1.29, 1.82) is 0 Å². The lowest BCUT2D eigenvalue weighted by Crippen LogP contribution is -2.21. The lowest BCUT2D eigenvalue weighted by atomic mass is 9.95. The van der Waals surface area contributed by atoms with Crippen LogP contribution in [0.15, 0.2) is 58.8 Å². The second-order valence-electron chi connectivity index (χ2n) is 8.23. The average molecular weight is 479 g/mol. The zero-order valence-corrected chi connectivity index (χ0v) is 19.7. The summed E-state index contributed by atoms with van der Waals surface area (Å²) in [6.07, 6.45) is 6.98. The van der Waals surface area contributed by atoms with Gasteiger partial charge in [-0.2, -0.15) is 5.10 Å². The zero-order valence-electron chi connectivity index (χ0n) is 18.9. The maximum atomic E-state index is 12.4. The molecule has 1 aliphatic rings. The van der Waals surface area contributed by atoms with Gasteiger partial charge in [-0.3, -0.25) is 19.5 Å². The molecule has 1 N–H and O–H groups in total. The summed E-state index contributed by atoms with van der Waals surface area (Å²) in [7, 11) is 0. The minimum Gasteiger partial charge on any atom is -0.299 e. The number of benzene rings is 2. The predicted molar refractivity (Wildman–Crippen MR) is 132 cm³/mol. The Morgan fingerprint density at radius 1 is 1.18 bits per heavy atom. The summed E-state index contributed by atoms with van der Waals surface area (Å²) in [6, 6.07) is 14.8. The molecule has 1 fully saturated rings. The maximum absolute atomic E-state index is 12.4. The van der Waals surface area contributed by atoms with Gasteiger partial charge in [-0.1, -0.05) is 73.0 Å². The van der Waals surface area contributed by atoms with E-state index in [1.807, 2.05) is 6.92 Å². The van der Waals surface area contributed by atoms with Crippen molar-refractivity contribution in [3.05, 3.63) is 69.8 Å². The van der Waals surface area contributed by atoms with Gasteiger partial charge in [-0.05, 0) is 25.8 Å². The van der Waals surface area contributed by atoms with E-state index in [0.29, 0.717) is 16.8 Å². The molecule has 1 heterocycles. The Morgan fingerprint density at radius 2 is 1.91 bits per heavy atom. The van der Waals surface area contributed by atoms with Gasteiger partial charge >= 0.3 is 0 Å². The highest BCUT2D eigenvalue weighted by Gasteiger charge is 2.24. The molecule has 9 nitrogen and oxygen atoms in total.